The summed E-state index contributed by atoms with van der Waals surface area (Å²) in [5.41, 5.74) is 0. The molecule has 0 saturated heterocycles. The third-order valence-electron chi connectivity index (χ3n) is 2.26. The number of halogens is 7. The van der Waals surface area contributed by atoms with Gasteiger partial charge in [0, 0.05) is 4.47 Å². The molecule has 1 nitrogen and oxygen atoms in total. The molecule has 0 amide bonds. The average Bonchev–Trinajstić information content (AvgIpc) is 2.31. The van der Waals surface area contributed by atoms with E-state index in [-0.39, 0.29) is 5.75 Å². The van der Waals surface area contributed by atoms with E-state index in [0.717, 1.165) is 4.47 Å². The summed E-state index contributed by atoms with van der Waals surface area (Å²) in [4.78, 5) is 0. The third-order valence-corrected chi connectivity index (χ3v) is 2.79. The van der Waals surface area contributed by atoms with Crippen LogP contribution in [0.5, 0.6) is 5.75 Å². The van der Waals surface area contributed by atoms with Gasteiger partial charge in [0.25, 0.3) is 0 Å². The SMILES string of the molecule is FC(F)C(F)(F)C(F)(F)CCOc1ccc(Br)cc1. The van der Waals surface area contributed by atoms with Gasteiger partial charge in [-0.1, -0.05) is 15.9 Å². The Balaban J connectivity index is 2.54. The fourth-order valence-electron chi connectivity index (χ4n) is 1.15. The topological polar surface area (TPSA) is 9.23 Å². The second-order valence-corrected chi connectivity index (χ2v) is 4.60. The Bertz CT molecular complexity index is 406. The van der Waals surface area contributed by atoms with Gasteiger partial charge in [-0.25, -0.2) is 8.78 Å². The van der Waals surface area contributed by atoms with E-state index in [1.807, 2.05) is 0 Å². The van der Waals surface area contributed by atoms with E-state index in [9.17, 15) is 26.3 Å². The normalized spacial score (nSPS) is 12.8. The Hall–Kier alpha value is -0.920. The first kappa shape index (κ1) is 16.1. The van der Waals surface area contributed by atoms with Crippen molar-refractivity contribution in [3.05, 3.63) is 28.7 Å². The summed E-state index contributed by atoms with van der Waals surface area (Å²) in [6.07, 6.45) is -5.92. The van der Waals surface area contributed by atoms with E-state index in [4.69, 9.17) is 4.74 Å². The lowest BCUT2D eigenvalue weighted by atomic mass is 10.1. The van der Waals surface area contributed by atoms with Gasteiger partial charge in [0.05, 0.1) is 13.0 Å². The molecule has 108 valence electrons. The van der Waals surface area contributed by atoms with Crippen molar-refractivity contribution in [1.29, 1.82) is 0 Å². The van der Waals surface area contributed by atoms with Crippen molar-refractivity contribution in [3.63, 3.8) is 0 Å². The van der Waals surface area contributed by atoms with Crippen molar-refractivity contribution in [1.82, 2.24) is 0 Å². The molecule has 0 heterocycles. The van der Waals surface area contributed by atoms with Crippen LogP contribution in [0.1, 0.15) is 6.42 Å². The molecule has 0 atom stereocenters. The first-order chi connectivity index (χ1) is 8.67. The van der Waals surface area contributed by atoms with Gasteiger partial charge in [0.1, 0.15) is 5.75 Å². The lowest BCUT2D eigenvalue weighted by Gasteiger charge is -2.25. The molecular formula is C11H9BrF6O. The predicted molar refractivity (Wildman–Crippen MR) is 60.2 cm³/mol. The Labute approximate surface area is 113 Å². The van der Waals surface area contributed by atoms with Gasteiger partial charge in [-0.15, -0.1) is 0 Å². The largest absolute Gasteiger partial charge is 0.493 e. The number of benzene rings is 1. The van der Waals surface area contributed by atoms with Gasteiger partial charge in [-0.2, -0.15) is 17.6 Å². The molecule has 0 spiro atoms. The van der Waals surface area contributed by atoms with Crippen LogP contribution in [0.2, 0.25) is 0 Å². The van der Waals surface area contributed by atoms with E-state index < -0.39 is 31.3 Å². The molecule has 0 aliphatic heterocycles. The van der Waals surface area contributed by atoms with Crippen LogP contribution in [0.4, 0.5) is 26.3 Å². The van der Waals surface area contributed by atoms with Crippen molar-refractivity contribution < 1.29 is 31.1 Å². The number of hydrogen-bond acceptors (Lipinski definition) is 1. The maximum atomic E-state index is 12.9. The van der Waals surface area contributed by atoms with Crippen molar-refractivity contribution in [2.45, 2.75) is 24.7 Å². The Morgan fingerprint density at radius 2 is 1.58 bits per heavy atom. The van der Waals surface area contributed by atoms with Crippen molar-refractivity contribution >= 4 is 15.9 Å². The first-order valence-electron chi connectivity index (χ1n) is 5.09. The zero-order valence-corrected chi connectivity index (χ0v) is 10.9. The van der Waals surface area contributed by atoms with E-state index in [1.54, 1.807) is 12.1 Å². The zero-order valence-electron chi connectivity index (χ0n) is 9.35. The molecule has 0 unspecified atom stereocenters. The van der Waals surface area contributed by atoms with E-state index in [2.05, 4.69) is 15.9 Å². The minimum atomic E-state index is -5.37. The molecule has 0 aliphatic rings. The van der Waals surface area contributed by atoms with Gasteiger partial charge in [-0.05, 0) is 24.3 Å². The summed E-state index contributed by atoms with van der Waals surface area (Å²) >= 11 is 3.13. The van der Waals surface area contributed by atoms with Crippen LogP contribution in [0.15, 0.2) is 28.7 Å². The van der Waals surface area contributed by atoms with Crippen molar-refractivity contribution in [2.24, 2.45) is 0 Å². The standard InChI is InChI=1S/C11H9BrF6O/c12-7-1-3-8(4-2-7)19-6-5-10(15,16)11(17,18)9(13)14/h1-4,9H,5-6H2. The quantitative estimate of drug-likeness (QED) is 0.672. The maximum absolute atomic E-state index is 12.9. The van der Waals surface area contributed by atoms with Gasteiger partial charge < -0.3 is 4.74 Å². The van der Waals surface area contributed by atoms with Crippen LogP contribution >= 0.6 is 15.9 Å². The van der Waals surface area contributed by atoms with Crippen molar-refractivity contribution in [2.75, 3.05) is 6.61 Å². The summed E-state index contributed by atoms with van der Waals surface area (Å²) in [7, 11) is 0. The fourth-order valence-corrected chi connectivity index (χ4v) is 1.42. The Morgan fingerprint density at radius 3 is 2.05 bits per heavy atom. The van der Waals surface area contributed by atoms with Crippen LogP contribution in [-0.2, 0) is 0 Å². The molecule has 1 aromatic carbocycles. The summed E-state index contributed by atoms with van der Waals surface area (Å²) in [5.74, 6) is -10.0. The molecule has 8 heteroatoms. The second-order valence-electron chi connectivity index (χ2n) is 3.68. The Kier molecular flexibility index (Phi) is 5.11. The summed E-state index contributed by atoms with van der Waals surface area (Å²) in [6, 6.07) is 5.96. The highest BCUT2D eigenvalue weighted by molar-refractivity contribution is 9.10. The fraction of sp³-hybridized carbons (Fsp3) is 0.455. The Morgan fingerprint density at radius 1 is 1.05 bits per heavy atom. The van der Waals surface area contributed by atoms with E-state index >= 15 is 0 Å². The van der Waals surface area contributed by atoms with Gasteiger partial charge in [-0.3, -0.25) is 0 Å². The van der Waals surface area contributed by atoms with E-state index in [1.165, 1.54) is 12.1 Å². The first-order valence-corrected chi connectivity index (χ1v) is 5.88. The molecule has 0 fully saturated rings. The number of rotatable bonds is 6. The minimum absolute atomic E-state index is 0.180. The molecule has 0 aromatic heterocycles. The summed E-state index contributed by atoms with van der Waals surface area (Å²) in [6.45, 7) is -0.795. The minimum Gasteiger partial charge on any atom is -0.493 e. The lowest BCUT2D eigenvalue weighted by molar-refractivity contribution is -0.267. The van der Waals surface area contributed by atoms with Crippen LogP contribution in [-0.4, -0.2) is 24.9 Å². The maximum Gasteiger partial charge on any atom is 0.369 e. The molecular weight excluding hydrogens is 342 g/mol. The highest BCUT2D eigenvalue weighted by Gasteiger charge is 2.62. The molecule has 19 heavy (non-hydrogen) atoms. The van der Waals surface area contributed by atoms with Crippen LogP contribution in [0, 0.1) is 0 Å². The number of alkyl halides is 6. The highest BCUT2D eigenvalue weighted by atomic mass is 79.9. The smallest absolute Gasteiger partial charge is 0.369 e. The van der Waals surface area contributed by atoms with Crippen molar-refractivity contribution in [3.8, 4) is 5.75 Å². The lowest BCUT2D eigenvalue weighted by Crippen LogP contribution is -2.47. The number of hydrogen-bond donors (Lipinski definition) is 0. The predicted octanol–water partition coefficient (Wildman–Crippen LogP) is 4.75. The molecule has 0 saturated carbocycles. The number of ether oxygens (including phenoxy) is 1. The molecule has 0 radical (unpaired) electrons. The highest BCUT2D eigenvalue weighted by Crippen LogP contribution is 2.41. The van der Waals surface area contributed by atoms with Gasteiger partial charge in [0.2, 0.25) is 0 Å². The third kappa shape index (κ3) is 4.02. The van der Waals surface area contributed by atoms with E-state index in [0.29, 0.717) is 0 Å². The monoisotopic (exact) mass is 350 g/mol. The van der Waals surface area contributed by atoms with Crippen LogP contribution in [0.25, 0.3) is 0 Å². The van der Waals surface area contributed by atoms with Gasteiger partial charge >= 0.3 is 18.3 Å². The summed E-state index contributed by atoms with van der Waals surface area (Å²) < 4.78 is 80.0. The molecule has 0 aliphatic carbocycles. The van der Waals surface area contributed by atoms with Crippen LogP contribution in [0.3, 0.4) is 0 Å². The molecule has 0 bridgehead atoms. The molecule has 0 N–H and O–H groups in total. The van der Waals surface area contributed by atoms with Gasteiger partial charge in [0.15, 0.2) is 0 Å². The zero-order chi connectivity index (χ0) is 14.7. The average molecular weight is 351 g/mol. The van der Waals surface area contributed by atoms with Crippen LogP contribution < -0.4 is 4.74 Å². The summed E-state index contributed by atoms with van der Waals surface area (Å²) in [5, 5.41) is 0. The molecule has 1 aromatic rings. The second kappa shape index (κ2) is 6.02. The molecule has 1 rings (SSSR count).